The van der Waals surface area contributed by atoms with Crippen LogP contribution in [-0.2, 0) is 9.53 Å². The normalized spacial score (nSPS) is 11.9. The molecule has 0 aliphatic heterocycles. The van der Waals surface area contributed by atoms with Crippen LogP contribution in [0.2, 0.25) is 0 Å². The number of para-hydroxylation sites is 1. The van der Waals surface area contributed by atoms with Crippen molar-refractivity contribution in [3.63, 3.8) is 0 Å². The highest BCUT2D eigenvalue weighted by atomic mass is 16.6. The third kappa shape index (κ3) is 4.25. The number of rotatable bonds is 6. The van der Waals surface area contributed by atoms with Gasteiger partial charge in [0, 0.05) is 5.39 Å². The average molecular weight is 399 g/mol. The van der Waals surface area contributed by atoms with Crippen LogP contribution >= 0.6 is 0 Å². The summed E-state index contributed by atoms with van der Waals surface area (Å²) in [5.41, 5.74) is 2.47. The molecule has 0 aliphatic rings. The number of hydrogen-bond donors (Lipinski definition) is 1. The van der Waals surface area contributed by atoms with E-state index in [-0.39, 0.29) is 11.8 Å². The first-order chi connectivity index (χ1) is 14.6. The van der Waals surface area contributed by atoms with Crippen LogP contribution in [-0.4, -0.2) is 18.0 Å². The van der Waals surface area contributed by atoms with Gasteiger partial charge >= 0.3 is 5.97 Å². The second-order valence-corrected chi connectivity index (χ2v) is 6.96. The van der Waals surface area contributed by atoms with E-state index in [0.29, 0.717) is 5.58 Å². The lowest BCUT2D eigenvalue weighted by Gasteiger charge is -2.22. The molecule has 4 rings (SSSR count). The lowest BCUT2D eigenvalue weighted by atomic mass is 9.98. The molecular formula is C25H21NO4. The third-order valence-corrected chi connectivity index (χ3v) is 4.83. The molecular weight excluding hydrogens is 378 g/mol. The van der Waals surface area contributed by atoms with Gasteiger partial charge in [-0.3, -0.25) is 4.79 Å². The number of hydrogen-bond acceptors (Lipinski definition) is 4. The van der Waals surface area contributed by atoms with Gasteiger partial charge in [-0.1, -0.05) is 78.9 Å². The van der Waals surface area contributed by atoms with Crippen molar-refractivity contribution in [2.75, 3.05) is 0 Å². The zero-order valence-electron chi connectivity index (χ0n) is 16.4. The van der Waals surface area contributed by atoms with Crippen LogP contribution in [0.15, 0.2) is 95.4 Å². The van der Waals surface area contributed by atoms with Gasteiger partial charge < -0.3 is 14.5 Å². The van der Waals surface area contributed by atoms with E-state index in [9.17, 15) is 9.59 Å². The lowest BCUT2D eigenvalue weighted by molar-refractivity contribution is -0.129. The second kappa shape index (κ2) is 8.66. The van der Waals surface area contributed by atoms with Crippen LogP contribution in [0.1, 0.15) is 34.6 Å². The van der Waals surface area contributed by atoms with Crippen molar-refractivity contribution in [2.24, 2.45) is 0 Å². The molecule has 1 N–H and O–H groups in total. The zero-order chi connectivity index (χ0) is 20.9. The van der Waals surface area contributed by atoms with Crippen molar-refractivity contribution >= 4 is 22.8 Å². The highest BCUT2D eigenvalue weighted by Crippen LogP contribution is 2.23. The smallest absolute Gasteiger partial charge is 0.375 e. The van der Waals surface area contributed by atoms with Crippen molar-refractivity contribution in [1.29, 1.82) is 0 Å². The summed E-state index contributed by atoms with van der Waals surface area (Å²) < 4.78 is 10.9. The molecule has 0 aliphatic carbocycles. The van der Waals surface area contributed by atoms with E-state index in [1.54, 1.807) is 19.1 Å². The number of nitrogens with one attached hydrogen (secondary N) is 1. The van der Waals surface area contributed by atoms with Crippen LogP contribution in [0.4, 0.5) is 0 Å². The Kier molecular flexibility index (Phi) is 5.61. The lowest BCUT2D eigenvalue weighted by Crippen LogP contribution is -2.38. The molecule has 5 nitrogen and oxygen atoms in total. The summed E-state index contributed by atoms with van der Waals surface area (Å²) >= 11 is 0. The minimum Gasteiger partial charge on any atom is -0.449 e. The molecule has 0 spiro atoms. The van der Waals surface area contributed by atoms with Gasteiger partial charge in [0.1, 0.15) is 5.58 Å². The molecule has 5 heteroatoms. The van der Waals surface area contributed by atoms with E-state index in [1.807, 2.05) is 78.9 Å². The summed E-state index contributed by atoms with van der Waals surface area (Å²) in [5.74, 6) is -1.000. The Bertz CT molecular complexity index is 1080. The van der Waals surface area contributed by atoms with Crippen molar-refractivity contribution in [3.05, 3.63) is 108 Å². The fourth-order valence-corrected chi connectivity index (χ4v) is 3.26. The summed E-state index contributed by atoms with van der Waals surface area (Å²) in [6.45, 7) is 1.54. The summed E-state index contributed by atoms with van der Waals surface area (Å²) in [6.07, 6.45) is -0.986. The number of amides is 1. The Morgan fingerprint density at radius 1 is 0.833 bits per heavy atom. The Balaban J connectivity index is 1.48. The number of benzene rings is 3. The van der Waals surface area contributed by atoms with E-state index < -0.39 is 18.0 Å². The first-order valence-electron chi connectivity index (χ1n) is 9.71. The van der Waals surface area contributed by atoms with Crippen LogP contribution in [0.25, 0.3) is 11.0 Å². The molecule has 1 atom stereocenters. The molecule has 1 amide bonds. The molecule has 0 fully saturated rings. The van der Waals surface area contributed by atoms with Gasteiger partial charge in [-0.05, 0) is 30.2 Å². The van der Waals surface area contributed by atoms with E-state index in [1.165, 1.54) is 0 Å². The highest BCUT2D eigenvalue weighted by Gasteiger charge is 2.25. The Morgan fingerprint density at radius 2 is 1.40 bits per heavy atom. The number of carbonyl (C=O) groups excluding carboxylic acids is 2. The van der Waals surface area contributed by atoms with Crippen molar-refractivity contribution in [1.82, 2.24) is 5.32 Å². The predicted octanol–water partition coefficient (Wildman–Crippen LogP) is 4.88. The number of carbonyl (C=O) groups is 2. The summed E-state index contributed by atoms with van der Waals surface area (Å²) in [4.78, 5) is 25.3. The topological polar surface area (TPSA) is 68.5 Å². The monoisotopic (exact) mass is 399 g/mol. The minimum absolute atomic E-state index is 0.0681. The predicted molar refractivity (Wildman–Crippen MR) is 114 cm³/mol. The van der Waals surface area contributed by atoms with Crippen LogP contribution in [0.3, 0.4) is 0 Å². The minimum atomic E-state index is -0.986. The third-order valence-electron chi connectivity index (χ3n) is 4.83. The number of esters is 1. The maximum Gasteiger partial charge on any atom is 0.375 e. The molecule has 150 valence electrons. The molecule has 1 heterocycles. The summed E-state index contributed by atoms with van der Waals surface area (Å²) in [6, 6.07) is 27.9. The molecule has 3 aromatic carbocycles. The SMILES string of the molecule is C[C@@H](OC(=O)c1cc2ccccc2o1)C(=O)NC(c1ccccc1)c1ccccc1. The zero-order valence-corrected chi connectivity index (χ0v) is 16.4. The molecule has 1 aromatic heterocycles. The molecule has 0 unspecified atom stereocenters. The summed E-state index contributed by atoms with van der Waals surface area (Å²) in [5, 5.41) is 3.79. The first kappa shape index (κ1) is 19.5. The maximum atomic E-state index is 12.8. The maximum absolute atomic E-state index is 12.8. The molecule has 0 saturated heterocycles. The standard InChI is InChI=1S/C25H21NO4/c1-17(29-25(28)22-16-20-14-8-9-15-21(20)30-22)24(27)26-23(18-10-4-2-5-11-18)19-12-6-3-7-13-19/h2-17,23H,1H3,(H,26,27)/t17-/m1/s1. The molecule has 0 saturated carbocycles. The van der Waals surface area contributed by atoms with E-state index in [0.717, 1.165) is 16.5 Å². The van der Waals surface area contributed by atoms with E-state index in [4.69, 9.17) is 9.15 Å². The van der Waals surface area contributed by atoms with Gasteiger partial charge in [0.25, 0.3) is 5.91 Å². The first-order valence-corrected chi connectivity index (χ1v) is 9.71. The molecule has 30 heavy (non-hydrogen) atoms. The van der Waals surface area contributed by atoms with Crippen LogP contribution < -0.4 is 5.32 Å². The largest absolute Gasteiger partial charge is 0.449 e. The number of fused-ring (bicyclic) bond motifs is 1. The van der Waals surface area contributed by atoms with E-state index in [2.05, 4.69) is 5.32 Å². The Labute approximate surface area is 174 Å². The number of furan rings is 1. The molecule has 0 bridgehead atoms. The van der Waals surface area contributed by atoms with Gasteiger partial charge in [-0.2, -0.15) is 0 Å². The average Bonchev–Trinajstić information content (AvgIpc) is 3.23. The highest BCUT2D eigenvalue weighted by molar-refractivity contribution is 5.94. The Hall–Kier alpha value is -3.86. The summed E-state index contributed by atoms with van der Waals surface area (Å²) in [7, 11) is 0. The number of ether oxygens (including phenoxy) is 1. The second-order valence-electron chi connectivity index (χ2n) is 6.96. The molecule has 0 radical (unpaired) electrons. The van der Waals surface area contributed by atoms with E-state index >= 15 is 0 Å². The van der Waals surface area contributed by atoms with Gasteiger partial charge in [0.15, 0.2) is 6.10 Å². The van der Waals surface area contributed by atoms with Crippen molar-refractivity contribution < 1.29 is 18.7 Å². The van der Waals surface area contributed by atoms with Crippen molar-refractivity contribution in [2.45, 2.75) is 19.1 Å². The molecule has 4 aromatic rings. The fraction of sp³-hybridized carbons (Fsp3) is 0.120. The quantitative estimate of drug-likeness (QED) is 0.469. The Morgan fingerprint density at radius 3 is 2.00 bits per heavy atom. The van der Waals surface area contributed by atoms with Crippen LogP contribution in [0.5, 0.6) is 0 Å². The van der Waals surface area contributed by atoms with Crippen LogP contribution in [0, 0.1) is 0 Å². The van der Waals surface area contributed by atoms with Gasteiger partial charge in [0.05, 0.1) is 6.04 Å². The van der Waals surface area contributed by atoms with Gasteiger partial charge in [-0.15, -0.1) is 0 Å². The van der Waals surface area contributed by atoms with Gasteiger partial charge in [-0.25, -0.2) is 4.79 Å². The van der Waals surface area contributed by atoms with Gasteiger partial charge in [0.2, 0.25) is 5.76 Å². The fourth-order valence-electron chi connectivity index (χ4n) is 3.26. The van der Waals surface area contributed by atoms with Crippen molar-refractivity contribution in [3.8, 4) is 0 Å².